The van der Waals surface area contributed by atoms with Gasteiger partial charge in [0.25, 0.3) is 0 Å². The molecule has 0 aromatic rings. The van der Waals surface area contributed by atoms with Crippen molar-refractivity contribution in [2.24, 2.45) is 0 Å². The van der Waals surface area contributed by atoms with E-state index in [1.54, 1.807) is 0 Å². The molecule has 0 rings (SSSR count). The van der Waals surface area contributed by atoms with Crippen molar-refractivity contribution >= 4 is 11.9 Å². The first-order chi connectivity index (χ1) is 4.64. The predicted octanol–water partition coefficient (Wildman–Crippen LogP) is -10.3. The van der Waals surface area contributed by atoms with Gasteiger partial charge in [-0.2, -0.15) is 0 Å². The Morgan fingerprint density at radius 1 is 0.929 bits per heavy atom. The van der Waals surface area contributed by atoms with Crippen LogP contribution in [-0.4, -0.2) is 27.6 Å². The molecule has 0 aliphatic heterocycles. The second-order valence-electron chi connectivity index (χ2n) is 1.02. The Labute approximate surface area is 165 Å². The molecule has 0 heterocycles. The Hall–Kier alpha value is 2.23. The summed E-state index contributed by atoms with van der Waals surface area (Å²) in [6, 6.07) is 0. The molecule has 0 spiro atoms. The molecule has 4 N–H and O–H groups in total. The van der Waals surface area contributed by atoms with Gasteiger partial charge in [-0.25, -0.2) is 9.59 Å². The average molecular weight is 302 g/mol. The van der Waals surface area contributed by atoms with Crippen LogP contribution in [-0.2, 0) is 30.8 Å². The van der Waals surface area contributed by atoms with Crippen LogP contribution >= 0.6 is 0 Å². The second-order valence-corrected chi connectivity index (χ2v) is 2.29. The van der Waals surface area contributed by atoms with Gasteiger partial charge in [0, 0.05) is 0 Å². The van der Waals surface area contributed by atoms with Crippen molar-refractivity contribution in [2.45, 2.75) is 0 Å². The van der Waals surface area contributed by atoms with Gasteiger partial charge in [0.05, 0.1) is 0 Å². The van der Waals surface area contributed by atoms with Crippen molar-refractivity contribution in [3.05, 3.63) is 0 Å². The molecule has 74 valence electrons. The number of hydrogen-bond acceptors (Lipinski definition) is 6. The Bertz CT molecular complexity index is 224. The fourth-order valence-electron chi connectivity index (χ4n) is 0. The van der Waals surface area contributed by atoms with Crippen LogP contribution in [0.15, 0.2) is 0 Å². The maximum absolute atomic E-state index is 9.10. The molecule has 0 saturated heterocycles. The summed E-state index contributed by atoms with van der Waals surface area (Å²) in [5.41, 5.74) is 0. The molecule has 0 aromatic heterocycles. The van der Waals surface area contributed by atoms with E-state index in [1.807, 2.05) is 0 Å². The summed E-state index contributed by atoms with van der Waals surface area (Å²) in [5.74, 6) is -3.65. The van der Waals surface area contributed by atoms with Gasteiger partial charge in [0.2, 0.25) is 0 Å². The van der Waals surface area contributed by atoms with Gasteiger partial charge in [-0.3, -0.25) is 0 Å². The molecule has 12 heteroatoms. The average Bonchev–Trinajstić information content (AvgIpc) is 1.59. The number of aliphatic carboxylic acids is 2. The van der Waals surface area contributed by atoms with Crippen molar-refractivity contribution in [1.82, 2.24) is 0 Å². The first-order valence-electron chi connectivity index (χ1n) is 1.77. The molecule has 0 saturated carbocycles. The summed E-state index contributed by atoms with van der Waals surface area (Å²) < 4.78 is 34.4. The molecule has 0 radical (unpaired) electrons. The summed E-state index contributed by atoms with van der Waals surface area (Å²) in [4.78, 5) is 18.2. The first-order valence-corrected chi connectivity index (χ1v) is 3.85. The zero-order valence-corrected chi connectivity index (χ0v) is 14.8. The van der Waals surface area contributed by atoms with Gasteiger partial charge in [0.15, 0.2) is 0 Å². The van der Waals surface area contributed by atoms with Crippen LogP contribution in [0.1, 0.15) is 0 Å². The van der Waals surface area contributed by atoms with Crippen LogP contribution in [0.2, 0.25) is 0 Å². The van der Waals surface area contributed by atoms with E-state index in [-0.39, 0.29) is 108 Å². The topological polar surface area (TPSA) is 186 Å². The fourth-order valence-corrected chi connectivity index (χ4v) is 0. The molecule has 0 atom stereocenters. The SMILES string of the molecule is O.O=C(O)C(=O)O.[K+].[K+].[O]=[Cr](=[O])([O-])[O-]. The van der Waals surface area contributed by atoms with Gasteiger partial charge in [0.1, 0.15) is 0 Å². The van der Waals surface area contributed by atoms with E-state index in [9.17, 15) is 0 Å². The minimum absolute atomic E-state index is 0. The summed E-state index contributed by atoms with van der Waals surface area (Å²) >= 11 is -5.75. The van der Waals surface area contributed by atoms with E-state index in [0.717, 1.165) is 0 Å². The van der Waals surface area contributed by atoms with Crippen LogP contribution in [0.25, 0.3) is 0 Å². The van der Waals surface area contributed by atoms with Crippen LogP contribution in [0.5, 0.6) is 0 Å². The van der Waals surface area contributed by atoms with Crippen molar-refractivity contribution in [3.63, 3.8) is 0 Å². The molecule has 0 aliphatic carbocycles. The zero-order valence-electron chi connectivity index (χ0n) is 7.25. The molecule has 9 nitrogen and oxygen atoms in total. The van der Waals surface area contributed by atoms with E-state index in [4.69, 9.17) is 35.7 Å². The van der Waals surface area contributed by atoms with Gasteiger partial charge >= 0.3 is 144 Å². The molecular formula is C2H4CrK2O9. The molecule has 0 unspecified atom stereocenters. The van der Waals surface area contributed by atoms with Crippen LogP contribution < -0.4 is 111 Å². The van der Waals surface area contributed by atoms with Gasteiger partial charge in [-0.15, -0.1) is 0 Å². The summed E-state index contributed by atoms with van der Waals surface area (Å²) in [6.45, 7) is 0. The number of hydrogen-bond donors (Lipinski definition) is 2. The molecule has 0 aromatic carbocycles. The van der Waals surface area contributed by atoms with Gasteiger partial charge in [-0.05, 0) is 0 Å². The Balaban J connectivity index is -0.0000000321. The Morgan fingerprint density at radius 3 is 1.00 bits per heavy atom. The van der Waals surface area contributed by atoms with Crippen molar-refractivity contribution in [1.29, 1.82) is 0 Å². The maximum atomic E-state index is 9.10. The monoisotopic (exact) mass is 302 g/mol. The quantitative estimate of drug-likeness (QED) is 0.326. The standard InChI is InChI=1S/C2H2O4.Cr.2K.H2O.4O/c3-1(4)2(5)6;;;;;;;;/h(H,3,4)(H,5,6);;;;1H2;;;;/q;;2*+1;;;;2*-1. The predicted molar refractivity (Wildman–Crippen MR) is 20.3 cm³/mol. The molecular weight excluding hydrogens is 298 g/mol. The van der Waals surface area contributed by atoms with E-state index < -0.39 is 25.6 Å². The van der Waals surface area contributed by atoms with Crippen molar-refractivity contribution in [2.75, 3.05) is 0 Å². The summed E-state index contributed by atoms with van der Waals surface area (Å²) in [6.07, 6.45) is 0. The van der Waals surface area contributed by atoms with Crippen molar-refractivity contribution in [3.8, 4) is 0 Å². The second kappa shape index (κ2) is 15.2. The third kappa shape index (κ3) is 64.2. The van der Waals surface area contributed by atoms with E-state index in [2.05, 4.69) is 0 Å². The molecule has 0 bridgehead atoms. The normalized spacial score (nSPS) is 7.29. The number of carboxylic acid groups (broad SMARTS) is 2. The van der Waals surface area contributed by atoms with Crippen LogP contribution in [0, 0.1) is 0 Å². The van der Waals surface area contributed by atoms with Gasteiger partial charge < -0.3 is 15.7 Å². The van der Waals surface area contributed by atoms with Crippen LogP contribution in [0.3, 0.4) is 0 Å². The zero-order chi connectivity index (χ0) is 9.65. The fraction of sp³-hybridized carbons (Fsp3) is 0. The number of rotatable bonds is 0. The molecule has 0 fully saturated rings. The minimum atomic E-state index is -5.75. The summed E-state index contributed by atoms with van der Waals surface area (Å²) in [5, 5.41) is 14.8. The molecule has 14 heavy (non-hydrogen) atoms. The Kier molecular flexibility index (Phi) is 32.5. The molecule has 0 amide bonds. The number of carboxylic acids is 2. The third-order valence-electron chi connectivity index (χ3n) is 0.183. The first kappa shape index (κ1) is 29.8. The van der Waals surface area contributed by atoms with E-state index in [1.165, 1.54) is 0 Å². The van der Waals surface area contributed by atoms with Gasteiger partial charge in [-0.1, -0.05) is 0 Å². The van der Waals surface area contributed by atoms with Crippen molar-refractivity contribution < 1.29 is 158 Å². The van der Waals surface area contributed by atoms with E-state index in [0.29, 0.717) is 0 Å². The summed E-state index contributed by atoms with van der Waals surface area (Å²) in [7, 11) is 0. The van der Waals surface area contributed by atoms with Crippen LogP contribution in [0.4, 0.5) is 0 Å². The third-order valence-corrected chi connectivity index (χ3v) is 0.183. The van der Waals surface area contributed by atoms with E-state index >= 15 is 0 Å². The number of carbonyl (C=O) groups is 2. The molecule has 0 aliphatic rings. The Morgan fingerprint density at radius 2 is 1.00 bits per heavy atom.